The molecule has 0 saturated heterocycles. The summed E-state index contributed by atoms with van der Waals surface area (Å²) in [5, 5.41) is 0. The molecule has 0 atom stereocenters. The smallest absolute Gasteiger partial charge is 0.267 e. The highest BCUT2D eigenvalue weighted by Crippen LogP contribution is 2.22. The van der Waals surface area contributed by atoms with Gasteiger partial charge in [-0.05, 0) is 31.2 Å². The second-order valence-electron chi connectivity index (χ2n) is 4.31. The molecule has 0 aromatic carbocycles. The molecule has 2 heterocycles. The van der Waals surface area contributed by atoms with Crippen LogP contribution in [0.3, 0.4) is 0 Å². The molecule has 0 aliphatic rings. The van der Waals surface area contributed by atoms with Gasteiger partial charge in [0, 0.05) is 12.7 Å². The molecule has 0 bridgehead atoms. The highest BCUT2D eigenvalue weighted by Gasteiger charge is 2.13. The molecule has 0 unspecified atom stereocenters. The lowest BCUT2D eigenvalue weighted by Gasteiger charge is -2.23. The Hall–Kier alpha value is -2.63. The molecule has 0 aliphatic carbocycles. The molecule has 104 valence electrons. The maximum absolute atomic E-state index is 11.2. The molecule has 2 rings (SSSR count). The van der Waals surface area contributed by atoms with Gasteiger partial charge in [0.25, 0.3) is 5.91 Å². The van der Waals surface area contributed by atoms with E-state index in [1.807, 2.05) is 30.0 Å². The van der Waals surface area contributed by atoms with E-state index < -0.39 is 5.91 Å². The third kappa shape index (κ3) is 3.03. The first-order chi connectivity index (χ1) is 9.61. The van der Waals surface area contributed by atoms with Gasteiger partial charge in [-0.1, -0.05) is 6.07 Å². The number of rotatable bonds is 5. The van der Waals surface area contributed by atoms with Crippen LogP contribution in [0.25, 0.3) is 0 Å². The lowest BCUT2D eigenvalue weighted by molar-refractivity contribution is 0.0995. The van der Waals surface area contributed by atoms with Crippen LogP contribution >= 0.6 is 0 Å². The Kier molecular flexibility index (Phi) is 4.14. The minimum absolute atomic E-state index is 0.202. The van der Waals surface area contributed by atoms with Crippen LogP contribution in [0.5, 0.6) is 0 Å². The number of nitrogens with zero attached hydrogens (tertiary/aromatic N) is 3. The van der Waals surface area contributed by atoms with Gasteiger partial charge in [-0.15, -0.1) is 0 Å². The zero-order valence-corrected chi connectivity index (χ0v) is 11.3. The number of carbonyl (C=O) groups is 1. The van der Waals surface area contributed by atoms with E-state index >= 15 is 0 Å². The zero-order chi connectivity index (χ0) is 14.5. The van der Waals surface area contributed by atoms with Crippen molar-refractivity contribution in [3.05, 3.63) is 47.9 Å². The highest BCUT2D eigenvalue weighted by molar-refractivity contribution is 5.91. The van der Waals surface area contributed by atoms with Gasteiger partial charge in [0.15, 0.2) is 5.82 Å². The molecule has 0 saturated carbocycles. The second kappa shape index (κ2) is 6.01. The van der Waals surface area contributed by atoms with Crippen molar-refractivity contribution in [3.8, 4) is 0 Å². The number of pyridine rings is 2. The lowest BCUT2D eigenvalue weighted by Crippen LogP contribution is -2.26. The fourth-order valence-electron chi connectivity index (χ4n) is 1.87. The fourth-order valence-corrected chi connectivity index (χ4v) is 1.87. The number of aromatic nitrogens is 2. The molecule has 2 aromatic rings. The molecule has 1 amide bonds. The molecule has 0 spiro atoms. The predicted octanol–water partition coefficient (Wildman–Crippen LogP) is 1.18. The maximum atomic E-state index is 11.2. The SMILES string of the molecule is CCN(Cc1ccccn1)c1nc(C(N)=O)ccc1N. The van der Waals surface area contributed by atoms with Crippen LogP contribution in [0.15, 0.2) is 36.5 Å². The van der Waals surface area contributed by atoms with Crippen LogP contribution in [0.4, 0.5) is 11.5 Å². The zero-order valence-electron chi connectivity index (χ0n) is 11.3. The normalized spacial score (nSPS) is 10.2. The Morgan fingerprint density at radius 2 is 2.10 bits per heavy atom. The van der Waals surface area contributed by atoms with Crippen LogP contribution < -0.4 is 16.4 Å². The molecular weight excluding hydrogens is 254 g/mol. The summed E-state index contributed by atoms with van der Waals surface area (Å²) in [6, 6.07) is 8.88. The number of carbonyl (C=O) groups excluding carboxylic acids is 1. The van der Waals surface area contributed by atoms with E-state index in [1.54, 1.807) is 12.3 Å². The quantitative estimate of drug-likeness (QED) is 0.851. The summed E-state index contributed by atoms with van der Waals surface area (Å²) in [6.45, 7) is 3.24. The number of anilines is 2. The van der Waals surface area contributed by atoms with E-state index in [4.69, 9.17) is 11.5 Å². The topological polar surface area (TPSA) is 98.1 Å². The minimum Gasteiger partial charge on any atom is -0.396 e. The Bertz CT molecular complexity index is 600. The van der Waals surface area contributed by atoms with Crippen LogP contribution in [-0.4, -0.2) is 22.4 Å². The fraction of sp³-hybridized carbons (Fsp3) is 0.214. The van der Waals surface area contributed by atoms with Gasteiger partial charge >= 0.3 is 0 Å². The van der Waals surface area contributed by atoms with Crippen molar-refractivity contribution in [2.75, 3.05) is 17.2 Å². The Balaban J connectivity index is 2.31. The molecule has 20 heavy (non-hydrogen) atoms. The molecule has 0 aliphatic heterocycles. The summed E-state index contributed by atoms with van der Waals surface area (Å²) < 4.78 is 0. The van der Waals surface area contributed by atoms with Crippen molar-refractivity contribution < 1.29 is 4.79 Å². The molecule has 6 nitrogen and oxygen atoms in total. The van der Waals surface area contributed by atoms with Crippen LogP contribution in [0.1, 0.15) is 23.1 Å². The van der Waals surface area contributed by atoms with Crippen molar-refractivity contribution in [2.45, 2.75) is 13.5 Å². The lowest BCUT2D eigenvalue weighted by atomic mass is 10.2. The number of hydrogen-bond donors (Lipinski definition) is 2. The average Bonchev–Trinajstić information content (AvgIpc) is 2.46. The van der Waals surface area contributed by atoms with Crippen LogP contribution in [-0.2, 0) is 6.54 Å². The number of primary amides is 1. The Morgan fingerprint density at radius 1 is 1.30 bits per heavy atom. The van der Waals surface area contributed by atoms with E-state index in [0.717, 1.165) is 5.69 Å². The second-order valence-corrected chi connectivity index (χ2v) is 4.31. The molecule has 6 heteroatoms. The van der Waals surface area contributed by atoms with Gasteiger partial charge in [-0.3, -0.25) is 9.78 Å². The molecule has 4 N–H and O–H groups in total. The average molecular weight is 271 g/mol. The van der Waals surface area contributed by atoms with Gasteiger partial charge in [-0.25, -0.2) is 4.98 Å². The minimum atomic E-state index is -0.569. The monoisotopic (exact) mass is 271 g/mol. The summed E-state index contributed by atoms with van der Waals surface area (Å²) in [4.78, 5) is 21.7. The van der Waals surface area contributed by atoms with Crippen molar-refractivity contribution >= 4 is 17.4 Å². The van der Waals surface area contributed by atoms with E-state index in [1.165, 1.54) is 6.07 Å². The van der Waals surface area contributed by atoms with Gasteiger partial charge in [-0.2, -0.15) is 0 Å². The first kappa shape index (κ1) is 13.8. The summed E-state index contributed by atoms with van der Waals surface area (Å²) in [5.41, 5.74) is 12.8. The van der Waals surface area contributed by atoms with Gasteiger partial charge in [0.2, 0.25) is 0 Å². The van der Waals surface area contributed by atoms with Crippen molar-refractivity contribution in [1.29, 1.82) is 0 Å². The van der Waals surface area contributed by atoms with Gasteiger partial charge < -0.3 is 16.4 Å². The molecule has 2 aromatic heterocycles. The third-order valence-corrected chi connectivity index (χ3v) is 2.92. The Morgan fingerprint density at radius 3 is 2.70 bits per heavy atom. The van der Waals surface area contributed by atoms with E-state index in [9.17, 15) is 4.79 Å². The van der Waals surface area contributed by atoms with Crippen molar-refractivity contribution in [3.63, 3.8) is 0 Å². The van der Waals surface area contributed by atoms with Crippen molar-refractivity contribution in [1.82, 2.24) is 9.97 Å². The summed E-state index contributed by atoms with van der Waals surface area (Å²) >= 11 is 0. The summed E-state index contributed by atoms with van der Waals surface area (Å²) in [6.07, 6.45) is 1.74. The van der Waals surface area contributed by atoms with E-state index in [0.29, 0.717) is 24.6 Å². The highest BCUT2D eigenvalue weighted by atomic mass is 16.1. The Labute approximate surface area is 117 Å². The first-order valence-electron chi connectivity index (χ1n) is 6.33. The van der Waals surface area contributed by atoms with Crippen LogP contribution in [0, 0.1) is 0 Å². The van der Waals surface area contributed by atoms with E-state index in [2.05, 4.69) is 9.97 Å². The molecular formula is C14H17N5O. The summed E-state index contributed by atoms with van der Waals surface area (Å²) in [7, 11) is 0. The van der Waals surface area contributed by atoms with Crippen LogP contribution in [0.2, 0.25) is 0 Å². The number of nitrogen functional groups attached to an aromatic ring is 1. The van der Waals surface area contributed by atoms with Crippen molar-refractivity contribution in [2.24, 2.45) is 5.73 Å². The van der Waals surface area contributed by atoms with E-state index in [-0.39, 0.29) is 5.69 Å². The maximum Gasteiger partial charge on any atom is 0.267 e. The van der Waals surface area contributed by atoms with Gasteiger partial charge in [0.1, 0.15) is 5.69 Å². The third-order valence-electron chi connectivity index (χ3n) is 2.92. The number of hydrogen-bond acceptors (Lipinski definition) is 5. The number of nitrogens with two attached hydrogens (primary N) is 2. The largest absolute Gasteiger partial charge is 0.396 e. The molecule has 0 radical (unpaired) electrons. The molecule has 0 fully saturated rings. The first-order valence-corrected chi connectivity index (χ1v) is 6.33. The number of amides is 1. The predicted molar refractivity (Wildman–Crippen MR) is 78.1 cm³/mol. The summed E-state index contributed by atoms with van der Waals surface area (Å²) in [5.74, 6) is -0.0189. The standard InChI is InChI=1S/C14H17N5O/c1-2-19(9-10-5-3-4-8-17-10)14-11(15)6-7-12(18-14)13(16)20/h3-8H,2,9,15H2,1H3,(H2,16,20). The van der Waals surface area contributed by atoms with Gasteiger partial charge in [0.05, 0.1) is 17.9 Å².